The predicted octanol–water partition coefficient (Wildman–Crippen LogP) is 4.42. The molecule has 3 rings (SSSR count). The van der Waals surface area contributed by atoms with Crippen LogP contribution < -0.4 is 10.6 Å². The lowest BCUT2D eigenvalue weighted by atomic mass is 10.1. The molecule has 0 aliphatic carbocycles. The van der Waals surface area contributed by atoms with Gasteiger partial charge in [-0.15, -0.1) is 0 Å². The molecule has 1 aromatic heterocycles. The van der Waals surface area contributed by atoms with Crippen LogP contribution in [0.3, 0.4) is 0 Å². The molecule has 0 spiro atoms. The molecule has 2 aromatic carbocycles. The summed E-state index contributed by atoms with van der Waals surface area (Å²) in [5.41, 5.74) is 1.51. The largest absolute Gasteiger partial charge is 0.322 e. The molecule has 0 radical (unpaired) electrons. The Balaban J connectivity index is 1.81. The first-order chi connectivity index (χ1) is 13.4. The van der Waals surface area contributed by atoms with E-state index >= 15 is 0 Å². The summed E-state index contributed by atoms with van der Waals surface area (Å²) in [5, 5.41) is 9.68. The predicted molar refractivity (Wildman–Crippen MR) is 106 cm³/mol. The van der Waals surface area contributed by atoms with Crippen molar-refractivity contribution in [3.05, 3.63) is 77.2 Å². The van der Waals surface area contributed by atoms with Crippen molar-refractivity contribution >= 4 is 23.3 Å². The van der Waals surface area contributed by atoms with Gasteiger partial charge in [0.1, 0.15) is 11.6 Å². The molecular formula is C21H21FN4O2. The zero-order valence-electron chi connectivity index (χ0n) is 15.9. The van der Waals surface area contributed by atoms with Gasteiger partial charge in [0.2, 0.25) is 0 Å². The van der Waals surface area contributed by atoms with E-state index in [2.05, 4.69) is 15.7 Å². The van der Waals surface area contributed by atoms with E-state index in [0.29, 0.717) is 17.1 Å². The van der Waals surface area contributed by atoms with E-state index in [1.165, 1.54) is 18.2 Å². The first kappa shape index (κ1) is 19.3. The molecule has 144 valence electrons. The molecule has 0 fully saturated rings. The second kappa shape index (κ2) is 8.04. The smallest absolute Gasteiger partial charge is 0.258 e. The highest BCUT2D eigenvalue weighted by Crippen LogP contribution is 2.20. The van der Waals surface area contributed by atoms with Crippen molar-refractivity contribution in [3.8, 4) is 0 Å². The Morgan fingerprint density at radius 2 is 1.79 bits per heavy atom. The summed E-state index contributed by atoms with van der Waals surface area (Å²) in [6.45, 7) is 5.72. The van der Waals surface area contributed by atoms with Crippen LogP contribution in [0.2, 0.25) is 0 Å². The van der Waals surface area contributed by atoms with E-state index in [-0.39, 0.29) is 17.5 Å². The van der Waals surface area contributed by atoms with Gasteiger partial charge in [-0.05, 0) is 50.6 Å². The van der Waals surface area contributed by atoms with Gasteiger partial charge in [-0.3, -0.25) is 9.59 Å². The number of rotatable bonds is 5. The zero-order valence-corrected chi connectivity index (χ0v) is 15.9. The molecule has 0 aliphatic rings. The van der Waals surface area contributed by atoms with Crippen LogP contribution in [0, 0.1) is 12.7 Å². The summed E-state index contributed by atoms with van der Waals surface area (Å²) in [4.78, 5) is 25.0. The molecule has 7 heteroatoms. The Labute approximate surface area is 162 Å². The Hall–Kier alpha value is -3.48. The lowest BCUT2D eigenvalue weighted by molar-refractivity contribution is 0.101. The number of hydrogen-bond acceptors (Lipinski definition) is 3. The van der Waals surface area contributed by atoms with Crippen molar-refractivity contribution in [1.29, 1.82) is 0 Å². The summed E-state index contributed by atoms with van der Waals surface area (Å²) in [7, 11) is 0. The number of benzene rings is 2. The third-order valence-corrected chi connectivity index (χ3v) is 4.27. The molecule has 0 bridgehead atoms. The lowest BCUT2D eigenvalue weighted by Crippen LogP contribution is -2.18. The van der Waals surface area contributed by atoms with Gasteiger partial charge in [0.15, 0.2) is 0 Å². The molecule has 0 saturated heterocycles. The number of anilines is 2. The van der Waals surface area contributed by atoms with Gasteiger partial charge in [0.05, 0.1) is 11.8 Å². The maximum absolute atomic E-state index is 13.8. The van der Waals surface area contributed by atoms with E-state index in [1.807, 2.05) is 13.8 Å². The lowest BCUT2D eigenvalue weighted by Gasteiger charge is -2.13. The normalized spacial score (nSPS) is 10.8. The van der Waals surface area contributed by atoms with Gasteiger partial charge >= 0.3 is 0 Å². The molecule has 3 aromatic rings. The van der Waals surface area contributed by atoms with Gasteiger partial charge in [-0.25, -0.2) is 9.07 Å². The first-order valence-electron chi connectivity index (χ1n) is 8.88. The van der Waals surface area contributed by atoms with Crippen LogP contribution in [0.25, 0.3) is 0 Å². The highest BCUT2D eigenvalue weighted by atomic mass is 19.1. The van der Waals surface area contributed by atoms with Crippen LogP contribution in [-0.2, 0) is 0 Å². The Morgan fingerprint density at radius 1 is 1.04 bits per heavy atom. The number of nitrogens with one attached hydrogen (secondary N) is 2. The molecule has 2 amide bonds. The average molecular weight is 380 g/mol. The fourth-order valence-corrected chi connectivity index (χ4v) is 2.75. The molecule has 0 atom stereocenters. The summed E-state index contributed by atoms with van der Waals surface area (Å²) in [5.74, 6) is -0.925. The number of halogens is 1. The molecule has 0 aliphatic heterocycles. The van der Waals surface area contributed by atoms with Crippen molar-refractivity contribution in [2.75, 3.05) is 10.6 Å². The molecule has 0 unspecified atom stereocenters. The zero-order chi connectivity index (χ0) is 20.3. The maximum atomic E-state index is 13.8. The molecule has 0 saturated carbocycles. The van der Waals surface area contributed by atoms with Crippen molar-refractivity contribution < 1.29 is 14.0 Å². The second-order valence-corrected chi connectivity index (χ2v) is 6.67. The van der Waals surface area contributed by atoms with Gasteiger partial charge in [-0.1, -0.05) is 18.2 Å². The number of nitrogens with zero attached hydrogens (tertiary/aromatic N) is 2. The topological polar surface area (TPSA) is 76.0 Å². The van der Waals surface area contributed by atoms with Gasteiger partial charge in [0.25, 0.3) is 11.8 Å². The van der Waals surface area contributed by atoms with Crippen molar-refractivity contribution in [2.45, 2.75) is 26.8 Å². The van der Waals surface area contributed by atoms with E-state index in [4.69, 9.17) is 0 Å². The monoisotopic (exact) mass is 380 g/mol. The molecule has 1 heterocycles. The Kier molecular flexibility index (Phi) is 5.54. The molecular weight excluding hydrogens is 359 g/mol. The summed E-state index contributed by atoms with van der Waals surface area (Å²) in [6.07, 6.45) is 1.62. The number of carbonyl (C=O) groups excluding carboxylic acids is 2. The number of amides is 2. The van der Waals surface area contributed by atoms with E-state index in [0.717, 1.165) is 5.56 Å². The molecule has 28 heavy (non-hydrogen) atoms. The minimum Gasteiger partial charge on any atom is -0.322 e. The average Bonchev–Trinajstić information content (AvgIpc) is 3.12. The fourth-order valence-electron chi connectivity index (χ4n) is 2.75. The summed E-state index contributed by atoms with van der Waals surface area (Å²) in [6, 6.07) is 12.5. The van der Waals surface area contributed by atoms with Gasteiger partial charge < -0.3 is 10.6 Å². The summed E-state index contributed by atoms with van der Waals surface area (Å²) < 4.78 is 15.5. The van der Waals surface area contributed by atoms with Crippen LogP contribution in [0.4, 0.5) is 15.9 Å². The molecule has 6 nitrogen and oxygen atoms in total. The van der Waals surface area contributed by atoms with E-state index in [9.17, 15) is 14.0 Å². The minimum absolute atomic E-state index is 0.0578. The van der Waals surface area contributed by atoms with Crippen LogP contribution >= 0.6 is 0 Å². The molecule has 2 N–H and O–H groups in total. The first-order valence-corrected chi connectivity index (χ1v) is 8.88. The van der Waals surface area contributed by atoms with Crippen LogP contribution in [0.1, 0.15) is 46.2 Å². The van der Waals surface area contributed by atoms with Crippen molar-refractivity contribution in [1.82, 2.24) is 9.78 Å². The van der Waals surface area contributed by atoms with E-state index in [1.54, 1.807) is 48.1 Å². The van der Waals surface area contributed by atoms with Gasteiger partial charge in [-0.2, -0.15) is 5.10 Å². The third kappa shape index (κ3) is 4.09. The van der Waals surface area contributed by atoms with Crippen molar-refractivity contribution in [2.24, 2.45) is 0 Å². The standard InChI is InChI=1S/C21H21FN4O2/c1-13(2)26-19(10-11-23-26)25-20(27)15-9-8-14(3)18(12-15)24-21(28)16-6-4-5-7-17(16)22/h4-13H,1-3H3,(H,24,28)(H,25,27). The van der Waals surface area contributed by atoms with Gasteiger partial charge in [0, 0.05) is 23.4 Å². The number of carbonyl (C=O) groups is 2. The highest BCUT2D eigenvalue weighted by Gasteiger charge is 2.15. The Bertz CT molecular complexity index is 1030. The minimum atomic E-state index is -0.603. The quantitative estimate of drug-likeness (QED) is 0.688. The number of hydrogen-bond donors (Lipinski definition) is 2. The SMILES string of the molecule is Cc1ccc(C(=O)Nc2ccnn2C(C)C)cc1NC(=O)c1ccccc1F. The summed E-state index contributed by atoms with van der Waals surface area (Å²) >= 11 is 0. The fraction of sp³-hybridized carbons (Fsp3) is 0.190. The third-order valence-electron chi connectivity index (χ3n) is 4.27. The van der Waals surface area contributed by atoms with Crippen LogP contribution in [-0.4, -0.2) is 21.6 Å². The number of aromatic nitrogens is 2. The van der Waals surface area contributed by atoms with Crippen LogP contribution in [0.5, 0.6) is 0 Å². The number of aryl methyl sites for hydroxylation is 1. The highest BCUT2D eigenvalue weighted by molar-refractivity contribution is 6.07. The Morgan fingerprint density at radius 3 is 2.50 bits per heavy atom. The maximum Gasteiger partial charge on any atom is 0.258 e. The van der Waals surface area contributed by atoms with E-state index < -0.39 is 11.7 Å². The second-order valence-electron chi connectivity index (χ2n) is 6.67. The van der Waals surface area contributed by atoms with Crippen molar-refractivity contribution in [3.63, 3.8) is 0 Å². The van der Waals surface area contributed by atoms with Crippen LogP contribution in [0.15, 0.2) is 54.7 Å².